The smallest absolute Gasteiger partial charge is 0.315 e. The van der Waals surface area contributed by atoms with E-state index in [2.05, 4.69) is 15.7 Å². The van der Waals surface area contributed by atoms with E-state index in [4.69, 9.17) is 5.11 Å². The minimum absolute atomic E-state index is 0.0288. The first kappa shape index (κ1) is 15.0. The summed E-state index contributed by atoms with van der Waals surface area (Å²) in [6.07, 6.45) is 4.89. The van der Waals surface area contributed by atoms with Crippen LogP contribution >= 0.6 is 0 Å². The molecular weight excluding hydrogens is 248 g/mol. The van der Waals surface area contributed by atoms with E-state index in [-0.39, 0.29) is 18.5 Å². The van der Waals surface area contributed by atoms with Crippen molar-refractivity contribution in [3.63, 3.8) is 0 Å². The lowest BCUT2D eigenvalue weighted by molar-refractivity contribution is -0.137. The molecule has 2 amide bonds. The zero-order valence-corrected chi connectivity index (χ0v) is 11.0. The Labute approximate surface area is 112 Å². The summed E-state index contributed by atoms with van der Waals surface area (Å²) in [6.45, 7) is 2.98. The van der Waals surface area contributed by atoms with Crippen molar-refractivity contribution in [2.45, 2.75) is 38.8 Å². The van der Waals surface area contributed by atoms with E-state index in [0.29, 0.717) is 25.9 Å². The number of carbonyl (C=O) groups excluding carboxylic acids is 1. The van der Waals surface area contributed by atoms with Gasteiger partial charge in [0, 0.05) is 31.4 Å². The summed E-state index contributed by atoms with van der Waals surface area (Å²) in [4.78, 5) is 21.8. The van der Waals surface area contributed by atoms with Gasteiger partial charge < -0.3 is 15.7 Å². The van der Waals surface area contributed by atoms with E-state index in [1.54, 1.807) is 10.9 Å². The lowest BCUT2D eigenvalue weighted by Crippen LogP contribution is -2.42. The SMILES string of the molecule is CC(Cn1cccn1)NC(=O)NCCCCC(=O)O. The first-order chi connectivity index (χ1) is 9.08. The van der Waals surface area contributed by atoms with Crippen molar-refractivity contribution in [1.29, 1.82) is 0 Å². The van der Waals surface area contributed by atoms with Crippen molar-refractivity contribution in [2.75, 3.05) is 6.54 Å². The third-order valence-electron chi connectivity index (χ3n) is 2.50. The van der Waals surface area contributed by atoms with E-state index >= 15 is 0 Å². The topological polar surface area (TPSA) is 96.3 Å². The zero-order chi connectivity index (χ0) is 14.1. The normalized spacial score (nSPS) is 11.8. The maximum Gasteiger partial charge on any atom is 0.315 e. The van der Waals surface area contributed by atoms with Gasteiger partial charge in [-0.3, -0.25) is 9.48 Å². The molecule has 3 N–H and O–H groups in total. The fourth-order valence-corrected chi connectivity index (χ4v) is 1.61. The molecule has 1 aromatic heterocycles. The van der Waals surface area contributed by atoms with E-state index in [0.717, 1.165) is 0 Å². The second kappa shape index (κ2) is 8.12. The van der Waals surface area contributed by atoms with Gasteiger partial charge in [-0.2, -0.15) is 5.10 Å². The van der Waals surface area contributed by atoms with Crippen LogP contribution in [0, 0.1) is 0 Å². The highest BCUT2D eigenvalue weighted by atomic mass is 16.4. The molecule has 0 aliphatic carbocycles. The van der Waals surface area contributed by atoms with Gasteiger partial charge in [-0.15, -0.1) is 0 Å². The summed E-state index contributed by atoms with van der Waals surface area (Å²) < 4.78 is 1.75. The summed E-state index contributed by atoms with van der Waals surface area (Å²) in [5, 5.41) is 18.0. The Bertz CT molecular complexity index is 392. The number of aromatic nitrogens is 2. The van der Waals surface area contributed by atoms with Crippen LogP contribution in [0.3, 0.4) is 0 Å². The van der Waals surface area contributed by atoms with Crippen LogP contribution in [0.5, 0.6) is 0 Å². The number of nitrogens with zero attached hydrogens (tertiary/aromatic N) is 2. The highest BCUT2D eigenvalue weighted by Gasteiger charge is 2.07. The average Bonchev–Trinajstić information content (AvgIpc) is 2.80. The van der Waals surface area contributed by atoms with Crippen molar-refractivity contribution in [2.24, 2.45) is 0 Å². The first-order valence-electron chi connectivity index (χ1n) is 6.31. The average molecular weight is 268 g/mol. The predicted octanol–water partition coefficient (Wildman–Crippen LogP) is 0.826. The van der Waals surface area contributed by atoms with Gasteiger partial charge in [0.15, 0.2) is 0 Å². The fraction of sp³-hybridized carbons (Fsp3) is 0.583. The van der Waals surface area contributed by atoms with Crippen LogP contribution < -0.4 is 10.6 Å². The van der Waals surface area contributed by atoms with Crippen molar-refractivity contribution in [3.05, 3.63) is 18.5 Å². The molecule has 0 fully saturated rings. The van der Waals surface area contributed by atoms with Gasteiger partial charge in [0.1, 0.15) is 0 Å². The number of hydrogen-bond donors (Lipinski definition) is 3. The number of amides is 2. The standard InChI is InChI=1S/C12H20N4O3/c1-10(9-16-8-4-7-14-16)15-12(19)13-6-3-2-5-11(17)18/h4,7-8,10H,2-3,5-6,9H2,1H3,(H,17,18)(H2,13,15,19). The summed E-state index contributed by atoms with van der Waals surface area (Å²) >= 11 is 0. The van der Waals surface area contributed by atoms with Gasteiger partial charge in [-0.05, 0) is 25.8 Å². The monoisotopic (exact) mass is 268 g/mol. The van der Waals surface area contributed by atoms with Crippen molar-refractivity contribution >= 4 is 12.0 Å². The number of unbranched alkanes of at least 4 members (excludes halogenated alkanes) is 1. The van der Waals surface area contributed by atoms with E-state index in [1.165, 1.54) is 0 Å². The molecule has 0 bridgehead atoms. The zero-order valence-electron chi connectivity index (χ0n) is 11.0. The summed E-state index contributed by atoms with van der Waals surface area (Å²) in [5.41, 5.74) is 0. The number of aliphatic carboxylic acids is 1. The first-order valence-corrected chi connectivity index (χ1v) is 6.31. The predicted molar refractivity (Wildman–Crippen MR) is 69.7 cm³/mol. The number of urea groups is 1. The Morgan fingerprint density at radius 1 is 1.42 bits per heavy atom. The molecule has 7 heteroatoms. The van der Waals surface area contributed by atoms with Crippen LogP contribution in [0.15, 0.2) is 18.5 Å². The van der Waals surface area contributed by atoms with Crippen LogP contribution in [0.25, 0.3) is 0 Å². The summed E-state index contributed by atoms with van der Waals surface area (Å²) in [6, 6.07) is 1.56. The van der Waals surface area contributed by atoms with Gasteiger partial charge in [0.2, 0.25) is 0 Å². The lowest BCUT2D eigenvalue weighted by Gasteiger charge is -2.14. The van der Waals surface area contributed by atoms with E-state index < -0.39 is 5.97 Å². The summed E-state index contributed by atoms with van der Waals surface area (Å²) in [5.74, 6) is -0.808. The fourth-order valence-electron chi connectivity index (χ4n) is 1.61. The van der Waals surface area contributed by atoms with Gasteiger partial charge in [0.25, 0.3) is 0 Å². The molecule has 0 radical (unpaired) electrons. The Kier molecular flexibility index (Phi) is 6.42. The Balaban J connectivity index is 2.08. The number of nitrogens with one attached hydrogen (secondary N) is 2. The van der Waals surface area contributed by atoms with Crippen LogP contribution in [-0.4, -0.2) is 39.5 Å². The molecule has 1 rings (SSSR count). The van der Waals surface area contributed by atoms with Gasteiger partial charge in [-0.25, -0.2) is 4.79 Å². The number of carboxylic acid groups (broad SMARTS) is 1. The number of carbonyl (C=O) groups is 2. The Morgan fingerprint density at radius 3 is 2.84 bits per heavy atom. The number of hydrogen-bond acceptors (Lipinski definition) is 3. The van der Waals surface area contributed by atoms with Crippen molar-refractivity contribution < 1.29 is 14.7 Å². The Morgan fingerprint density at radius 2 is 2.21 bits per heavy atom. The van der Waals surface area contributed by atoms with Crippen LogP contribution in [-0.2, 0) is 11.3 Å². The molecule has 19 heavy (non-hydrogen) atoms. The molecule has 0 aliphatic rings. The maximum atomic E-state index is 11.5. The minimum Gasteiger partial charge on any atom is -0.481 e. The maximum absolute atomic E-state index is 11.5. The molecule has 1 aromatic rings. The van der Waals surface area contributed by atoms with E-state index in [1.807, 2.05) is 19.2 Å². The molecule has 1 unspecified atom stereocenters. The molecule has 0 saturated carbocycles. The molecule has 1 atom stereocenters. The lowest BCUT2D eigenvalue weighted by atomic mass is 10.2. The molecule has 7 nitrogen and oxygen atoms in total. The molecule has 0 spiro atoms. The van der Waals surface area contributed by atoms with Gasteiger partial charge in [0.05, 0.1) is 6.54 Å². The third kappa shape index (κ3) is 7.07. The van der Waals surface area contributed by atoms with E-state index in [9.17, 15) is 9.59 Å². The number of carboxylic acids is 1. The highest BCUT2D eigenvalue weighted by molar-refractivity contribution is 5.74. The second-order valence-electron chi connectivity index (χ2n) is 4.38. The molecule has 1 heterocycles. The molecule has 0 aliphatic heterocycles. The second-order valence-corrected chi connectivity index (χ2v) is 4.38. The van der Waals surface area contributed by atoms with Crippen LogP contribution in [0.4, 0.5) is 4.79 Å². The van der Waals surface area contributed by atoms with Gasteiger partial charge >= 0.3 is 12.0 Å². The largest absolute Gasteiger partial charge is 0.481 e. The van der Waals surface area contributed by atoms with Crippen LogP contribution in [0.2, 0.25) is 0 Å². The highest BCUT2D eigenvalue weighted by Crippen LogP contribution is 1.94. The number of rotatable bonds is 8. The summed E-state index contributed by atoms with van der Waals surface area (Å²) in [7, 11) is 0. The molecule has 106 valence electrons. The van der Waals surface area contributed by atoms with Crippen molar-refractivity contribution in [1.82, 2.24) is 20.4 Å². The quantitative estimate of drug-likeness (QED) is 0.608. The Hall–Kier alpha value is -2.05. The van der Waals surface area contributed by atoms with Gasteiger partial charge in [-0.1, -0.05) is 0 Å². The molecular formula is C12H20N4O3. The molecule has 0 aromatic carbocycles. The third-order valence-corrected chi connectivity index (χ3v) is 2.50. The van der Waals surface area contributed by atoms with Crippen LogP contribution in [0.1, 0.15) is 26.2 Å². The van der Waals surface area contributed by atoms with Crippen molar-refractivity contribution in [3.8, 4) is 0 Å². The molecule has 0 saturated heterocycles. The minimum atomic E-state index is -0.808.